The summed E-state index contributed by atoms with van der Waals surface area (Å²) in [6.07, 6.45) is 1.29. The Morgan fingerprint density at radius 2 is 1.85 bits per heavy atom. The number of rotatable bonds is 6. The van der Waals surface area contributed by atoms with Crippen molar-refractivity contribution in [1.29, 1.82) is 0 Å². The quantitative estimate of drug-likeness (QED) is 0.860. The Bertz CT molecular complexity index is 773. The molecule has 1 heterocycles. The van der Waals surface area contributed by atoms with Gasteiger partial charge in [0.1, 0.15) is 0 Å². The second kappa shape index (κ2) is 8.17. The van der Waals surface area contributed by atoms with E-state index in [1.165, 1.54) is 5.56 Å². The van der Waals surface area contributed by atoms with Crippen molar-refractivity contribution in [1.82, 2.24) is 5.32 Å². The minimum absolute atomic E-state index is 0.0283. The first-order valence-corrected chi connectivity index (χ1v) is 9.31. The second-order valence-electron chi connectivity index (χ2n) is 6.98. The van der Waals surface area contributed by atoms with Gasteiger partial charge in [-0.05, 0) is 29.5 Å². The molecule has 1 saturated heterocycles. The lowest BCUT2D eigenvalue weighted by Crippen LogP contribution is -2.32. The highest BCUT2D eigenvalue weighted by molar-refractivity contribution is 6.00. The average Bonchev–Trinajstić information content (AvgIpc) is 3.08. The van der Waals surface area contributed by atoms with Gasteiger partial charge in [0.15, 0.2) is 0 Å². The molecule has 0 spiro atoms. The second-order valence-corrected chi connectivity index (χ2v) is 6.98. The van der Waals surface area contributed by atoms with Crippen LogP contribution in [-0.2, 0) is 16.1 Å². The summed E-state index contributed by atoms with van der Waals surface area (Å²) < 4.78 is 0. The minimum Gasteiger partial charge on any atom is -0.352 e. The molecule has 1 N–H and O–H groups in total. The SMILES string of the molecule is CC[C@H](C)c1ccccc1N1C[C@H](C(=O)NCc2ccccc2)CC1=O. The third-order valence-electron chi connectivity index (χ3n) is 5.18. The number of nitrogens with zero attached hydrogens (tertiary/aromatic N) is 1. The van der Waals surface area contributed by atoms with Crippen molar-refractivity contribution < 1.29 is 9.59 Å². The van der Waals surface area contributed by atoms with Gasteiger partial charge in [-0.3, -0.25) is 9.59 Å². The minimum atomic E-state index is -0.295. The molecule has 1 aliphatic heterocycles. The molecular weight excluding hydrogens is 324 g/mol. The molecule has 3 rings (SSSR count). The monoisotopic (exact) mass is 350 g/mol. The highest BCUT2D eigenvalue weighted by Crippen LogP contribution is 2.33. The van der Waals surface area contributed by atoms with Crippen LogP contribution in [0.5, 0.6) is 0 Å². The molecule has 2 aromatic carbocycles. The number of amides is 2. The van der Waals surface area contributed by atoms with Gasteiger partial charge in [0.25, 0.3) is 0 Å². The molecule has 0 aromatic heterocycles. The zero-order valence-corrected chi connectivity index (χ0v) is 15.4. The molecule has 1 aliphatic rings. The predicted molar refractivity (Wildman–Crippen MR) is 104 cm³/mol. The fraction of sp³-hybridized carbons (Fsp3) is 0.364. The Labute approximate surface area is 155 Å². The van der Waals surface area contributed by atoms with E-state index in [2.05, 4.69) is 25.2 Å². The predicted octanol–water partition coefficient (Wildman–Crippen LogP) is 3.87. The van der Waals surface area contributed by atoms with Gasteiger partial charge in [-0.25, -0.2) is 0 Å². The van der Waals surface area contributed by atoms with Gasteiger partial charge in [-0.2, -0.15) is 0 Å². The maximum Gasteiger partial charge on any atom is 0.227 e. The van der Waals surface area contributed by atoms with Gasteiger partial charge < -0.3 is 10.2 Å². The number of hydrogen-bond donors (Lipinski definition) is 1. The molecule has 0 bridgehead atoms. The van der Waals surface area contributed by atoms with Crippen molar-refractivity contribution in [2.45, 2.75) is 39.2 Å². The topological polar surface area (TPSA) is 49.4 Å². The van der Waals surface area contributed by atoms with E-state index < -0.39 is 0 Å². The smallest absolute Gasteiger partial charge is 0.227 e. The summed E-state index contributed by atoms with van der Waals surface area (Å²) in [4.78, 5) is 26.9. The van der Waals surface area contributed by atoms with Crippen molar-refractivity contribution in [3.63, 3.8) is 0 Å². The van der Waals surface area contributed by atoms with Crippen molar-refractivity contribution >= 4 is 17.5 Å². The van der Waals surface area contributed by atoms with Crippen LogP contribution in [0.2, 0.25) is 0 Å². The lowest BCUT2D eigenvalue weighted by Gasteiger charge is -2.23. The lowest BCUT2D eigenvalue weighted by atomic mass is 9.96. The highest BCUT2D eigenvalue weighted by atomic mass is 16.2. The summed E-state index contributed by atoms with van der Waals surface area (Å²) in [6, 6.07) is 17.9. The number of hydrogen-bond acceptors (Lipinski definition) is 2. The largest absolute Gasteiger partial charge is 0.352 e. The lowest BCUT2D eigenvalue weighted by molar-refractivity contribution is -0.126. The van der Waals surface area contributed by atoms with Crippen LogP contribution < -0.4 is 10.2 Å². The van der Waals surface area contributed by atoms with Crippen molar-refractivity contribution in [3.05, 3.63) is 65.7 Å². The van der Waals surface area contributed by atoms with Crippen LogP contribution in [0.15, 0.2) is 54.6 Å². The van der Waals surface area contributed by atoms with Gasteiger partial charge in [0.2, 0.25) is 11.8 Å². The molecule has 2 aromatic rings. The van der Waals surface area contributed by atoms with E-state index >= 15 is 0 Å². The normalized spacial score (nSPS) is 18.0. The van der Waals surface area contributed by atoms with Gasteiger partial charge in [0.05, 0.1) is 5.92 Å². The Morgan fingerprint density at radius 1 is 1.15 bits per heavy atom. The van der Waals surface area contributed by atoms with Crippen LogP contribution in [0.25, 0.3) is 0 Å². The molecule has 0 radical (unpaired) electrons. The maximum absolute atomic E-state index is 12.6. The molecular formula is C22H26N2O2. The molecule has 136 valence electrons. The van der Waals surface area contributed by atoms with Crippen molar-refractivity contribution in [3.8, 4) is 0 Å². The summed E-state index contributed by atoms with van der Waals surface area (Å²) in [7, 11) is 0. The molecule has 4 nitrogen and oxygen atoms in total. The first kappa shape index (κ1) is 18.2. The maximum atomic E-state index is 12.6. The standard InChI is InChI=1S/C22H26N2O2/c1-3-16(2)19-11-7-8-12-20(19)24-15-18(13-21(24)25)22(26)23-14-17-9-5-4-6-10-17/h4-12,16,18H,3,13-15H2,1-2H3,(H,23,26)/t16-,18+/m0/s1. The first-order chi connectivity index (χ1) is 12.6. The first-order valence-electron chi connectivity index (χ1n) is 9.31. The van der Waals surface area contributed by atoms with Crippen LogP contribution in [0.4, 0.5) is 5.69 Å². The summed E-state index contributed by atoms with van der Waals surface area (Å²) >= 11 is 0. The van der Waals surface area contributed by atoms with Crippen LogP contribution in [0, 0.1) is 5.92 Å². The molecule has 1 fully saturated rings. The van der Waals surface area contributed by atoms with Crippen LogP contribution in [-0.4, -0.2) is 18.4 Å². The number of nitrogens with one attached hydrogen (secondary N) is 1. The molecule has 26 heavy (non-hydrogen) atoms. The van der Waals surface area contributed by atoms with Crippen molar-refractivity contribution in [2.75, 3.05) is 11.4 Å². The Hall–Kier alpha value is -2.62. The molecule has 0 saturated carbocycles. The average molecular weight is 350 g/mol. The van der Waals surface area contributed by atoms with Gasteiger partial charge in [-0.1, -0.05) is 62.4 Å². The summed E-state index contributed by atoms with van der Waals surface area (Å²) in [5, 5.41) is 2.96. The Morgan fingerprint density at radius 3 is 2.58 bits per heavy atom. The zero-order valence-electron chi connectivity index (χ0n) is 15.4. The van der Waals surface area contributed by atoms with Gasteiger partial charge >= 0.3 is 0 Å². The molecule has 2 amide bonds. The molecule has 0 aliphatic carbocycles. The van der Waals surface area contributed by atoms with E-state index in [-0.39, 0.29) is 24.2 Å². The van der Waals surface area contributed by atoms with E-state index in [0.717, 1.165) is 17.7 Å². The number of anilines is 1. The van der Waals surface area contributed by atoms with E-state index in [4.69, 9.17) is 0 Å². The van der Waals surface area contributed by atoms with Crippen molar-refractivity contribution in [2.24, 2.45) is 5.92 Å². The van der Waals surface area contributed by atoms with E-state index in [1.54, 1.807) is 4.90 Å². The van der Waals surface area contributed by atoms with Crippen LogP contribution in [0.1, 0.15) is 43.7 Å². The third kappa shape index (κ3) is 3.96. The fourth-order valence-electron chi connectivity index (χ4n) is 3.42. The number of benzene rings is 2. The fourth-order valence-corrected chi connectivity index (χ4v) is 3.42. The van der Waals surface area contributed by atoms with E-state index in [0.29, 0.717) is 19.0 Å². The van der Waals surface area contributed by atoms with E-state index in [9.17, 15) is 9.59 Å². The van der Waals surface area contributed by atoms with Gasteiger partial charge in [0, 0.05) is 25.2 Å². The summed E-state index contributed by atoms with van der Waals surface area (Å²) in [6.45, 7) is 5.26. The Kier molecular flexibility index (Phi) is 5.71. The van der Waals surface area contributed by atoms with Crippen LogP contribution >= 0.6 is 0 Å². The third-order valence-corrected chi connectivity index (χ3v) is 5.18. The number of para-hydroxylation sites is 1. The van der Waals surface area contributed by atoms with Gasteiger partial charge in [-0.15, -0.1) is 0 Å². The molecule has 0 unspecified atom stereocenters. The van der Waals surface area contributed by atoms with Crippen LogP contribution in [0.3, 0.4) is 0 Å². The number of carbonyl (C=O) groups is 2. The highest BCUT2D eigenvalue weighted by Gasteiger charge is 2.36. The van der Waals surface area contributed by atoms with E-state index in [1.807, 2.05) is 48.5 Å². The zero-order chi connectivity index (χ0) is 18.5. The molecule has 2 atom stereocenters. The number of carbonyl (C=O) groups excluding carboxylic acids is 2. The molecule has 4 heteroatoms. The summed E-state index contributed by atoms with van der Waals surface area (Å²) in [5.74, 6) is 0.0625. The Balaban J connectivity index is 1.68. The summed E-state index contributed by atoms with van der Waals surface area (Å²) in [5.41, 5.74) is 3.18.